The van der Waals surface area contributed by atoms with Crippen molar-refractivity contribution in [3.63, 3.8) is 0 Å². The fourth-order valence-electron chi connectivity index (χ4n) is 0.818. The Balaban J connectivity index is 2.94. The molecule has 0 bridgehead atoms. The number of nitrogens with zero attached hydrogens (tertiary/aromatic N) is 1. The molecule has 0 unspecified atom stereocenters. The molecule has 0 spiro atoms. The molecule has 1 aromatic heterocycles. The SMILES string of the molecule is C[SH](C)c1ccc(C(F)(F)F)cn1. The first-order chi connectivity index (χ1) is 5.91. The molecular weight excluding hydrogens is 199 g/mol. The highest BCUT2D eigenvalue weighted by Gasteiger charge is 2.30. The van der Waals surface area contributed by atoms with Gasteiger partial charge in [-0.3, -0.25) is 4.98 Å². The Morgan fingerprint density at radius 2 is 1.85 bits per heavy atom. The second kappa shape index (κ2) is 3.57. The number of pyridine rings is 1. The van der Waals surface area contributed by atoms with Crippen LogP contribution in [-0.4, -0.2) is 17.5 Å². The molecule has 0 aromatic carbocycles. The Labute approximate surface area is 77.3 Å². The zero-order valence-electron chi connectivity index (χ0n) is 7.26. The van der Waals surface area contributed by atoms with Gasteiger partial charge in [0.05, 0.1) is 10.6 Å². The fraction of sp³-hybridized carbons (Fsp3) is 0.375. The first-order valence-electron chi connectivity index (χ1n) is 3.62. The Kier molecular flexibility index (Phi) is 2.85. The molecule has 0 saturated heterocycles. The van der Waals surface area contributed by atoms with Crippen molar-refractivity contribution in [3.8, 4) is 0 Å². The van der Waals surface area contributed by atoms with E-state index in [4.69, 9.17) is 0 Å². The molecule has 0 aliphatic heterocycles. The van der Waals surface area contributed by atoms with Crippen molar-refractivity contribution in [3.05, 3.63) is 23.9 Å². The number of alkyl halides is 3. The van der Waals surface area contributed by atoms with E-state index in [9.17, 15) is 13.2 Å². The van der Waals surface area contributed by atoms with Crippen molar-refractivity contribution in [1.29, 1.82) is 0 Å². The molecule has 74 valence electrons. The molecule has 0 aliphatic rings. The number of rotatable bonds is 1. The molecule has 0 N–H and O–H groups in total. The summed E-state index contributed by atoms with van der Waals surface area (Å²) >= 11 is 0. The molecule has 1 rings (SSSR count). The van der Waals surface area contributed by atoms with Crippen LogP contribution in [0.3, 0.4) is 0 Å². The van der Waals surface area contributed by atoms with Gasteiger partial charge < -0.3 is 0 Å². The number of thiol groups is 1. The topological polar surface area (TPSA) is 12.9 Å². The summed E-state index contributed by atoms with van der Waals surface area (Å²) in [5.74, 6) is 0. The minimum atomic E-state index is -4.28. The number of hydrogen-bond acceptors (Lipinski definition) is 1. The average molecular weight is 209 g/mol. The zero-order valence-corrected chi connectivity index (χ0v) is 8.15. The van der Waals surface area contributed by atoms with Gasteiger partial charge in [-0.05, 0) is 24.6 Å². The van der Waals surface area contributed by atoms with Crippen LogP contribution in [0.25, 0.3) is 0 Å². The van der Waals surface area contributed by atoms with E-state index < -0.39 is 22.6 Å². The summed E-state index contributed by atoms with van der Waals surface area (Å²) in [7, 11) is -0.422. The van der Waals surface area contributed by atoms with Crippen LogP contribution in [0, 0.1) is 0 Å². The summed E-state index contributed by atoms with van der Waals surface area (Å²) in [6.07, 6.45) is 0.503. The number of aromatic nitrogens is 1. The number of halogens is 3. The molecule has 0 fully saturated rings. The maximum absolute atomic E-state index is 12.1. The third kappa shape index (κ3) is 2.62. The van der Waals surface area contributed by atoms with Crippen LogP contribution in [-0.2, 0) is 6.18 Å². The molecule has 0 radical (unpaired) electrons. The van der Waals surface area contributed by atoms with Crippen molar-refractivity contribution in [1.82, 2.24) is 4.98 Å². The molecule has 5 heteroatoms. The highest BCUT2D eigenvalue weighted by molar-refractivity contribution is 8.15. The van der Waals surface area contributed by atoms with Gasteiger partial charge in [-0.25, -0.2) is 10.9 Å². The van der Waals surface area contributed by atoms with Crippen LogP contribution in [0.1, 0.15) is 5.56 Å². The van der Waals surface area contributed by atoms with Crippen LogP contribution in [0.4, 0.5) is 13.2 Å². The van der Waals surface area contributed by atoms with Gasteiger partial charge in [0.15, 0.2) is 0 Å². The van der Waals surface area contributed by atoms with Crippen molar-refractivity contribution in [2.75, 3.05) is 12.5 Å². The van der Waals surface area contributed by atoms with Gasteiger partial charge in [0.2, 0.25) is 0 Å². The van der Waals surface area contributed by atoms with E-state index >= 15 is 0 Å². The minimum absolute atomic E-state index is 0.422. The lowest BCUT2D eigenvalue weighted by molar-refractivity contribution is -0.137. The van der Waals surface area contributed by atoms with Crippen molar-refractivity contribution >= 4 is 10.9 Å². The summed E-state index contributed by atoms with van der Waals surface area (Å²) in [5, 5.41) is 0.739. The Morgan fingerprint density at radius 3 is 2.15 bits per heavy atom. The summed E-state index contributed by atoms with van der Waals surface area (Å²) in [6, 6.07) is 2.51. The number of hydrogen-bond donors (Lipinski definition) is 1. The molecular formula is C8H10F3NS. The minimum Gasteiger partial charge on any atom is -0.251 e. The largest absolute Gasteiger partial charge is 0.417 e. The normalized spacial score (nSPS) is 12.8. The van der Waals surface area contributed by atoms with Crippen molar-refractivity contribution < 1.29 is 13.2 Å². The Hall–Kier alpha value is -0.710. The quantitative estimate of drug-likeness (QED) is 0.702. The molecule has 0 aliphatic carbocycles. The smallest absolute Gasteiger partial charge is 0.251 e. The van der Waals surface area contributed by atoms with Gasteiger partial charge in [0.1, 0.15) is 0 Å². The second-order valence-electron chi connectivity index (χ2n) is 2.80. The maximum atomic E-state index is 12.1. The average Bonchev–Trinajstić information content (AvgIpc) is 2.03. The summed E-state index contributed by atoms with van der Waals surface area (Å²) in [6.45, 7) is 0. The van der Waals surface area contributed by atoms with Gasteiger partial charge in [0, 0.05) is 6.20 Å². The molecule has 13 heavy (non-hydrogen) atoms. The van der Waals surface area contributed by atoms with Crippen LogP contribution >= 0.6 is 10.9 Å². The van der Waals surface area contributed by atoms with E-state index in [0.717, 1.165) is 17.3 Å². The fourth-order valence-corrected chi connectivity index (χ4v) is 1.48. The Bertz CT molecular complexity index is 278. The Morgan fingerprint density at radius 1 is 1.23 bits per heavy atom. The van der Waals surface area contributed by atoms with Crippen LogP contribution in [0.5, 0.6) is 0 Å². The summed E-state index contributed by atoms with van der Waals surface area (Å²) in [5.41, 5.74) is -0.687. The molecule has 1 nitrogen and oxygen atoms in total. The van der Waals surface area contributed by atoms with Crippen LogP contribution in [0.15, 0.2) is 23.4 Å². The van der Waals surface area contributed by atoms with Crippen molar-refractivity contribution in [2.45, 2.75) is 11.2 Å². The van der Waals surface area contributed by atoms with E-state index in [-0.39, 0.29) is 0 Å². The van der Waals surface area contributed by atoms with Gasteiger partial charge in [-0.2, -0.15) is 13.2 Å². The predicted molar refractivity (Wildman–Crippen MR) is 48.3 cm³/mol. The first-order valence-corrected chi connectivity index (χ1v) is 5.85. The standard InChI is InChI=1S/C8H10F3NS/c1-13(2)7-4-3-6(5-12-7)8(9,10)11/h3-5,13H,1-2H3. The highest BCUT2D eigenvalue weighted by Crippen LogP contribution is 2.31. The van der Waals surface area contributed by atoms with Crippen molar-refractivity contribution in [2.24, 2.45) is 0 Å². The van der Waals surface area contributed by atoms with Gasteiger partial charge >= 0.3 is 6.18 Å². The van der Waals surface area contributed by atoms with E-state index in [1.165, 1.54) is 6.07 Å². The predicted octanol–water partition coefficient (Wildman–Crippen LogP) is 2.72. The molecule has 0 atom stereocenters. The van der Waals surface area contributed by atoms with Crippen LogP contribution in [0.2, 0.25) is 0 Å². The lowest BCUT2D eigenvalue weighted by Crippen LogP contribution is -2.05. The maximum Gasteiger partial charge on any atom is 0.417 e. The third-order valence-corrected chi connectivity index (χ3v) is 2.71. The molecule has 1 aromatic rings. The lowest BCUT2D eigenvalue weighted by atomic mass is 10.3. The summed E-state index contributed by atoms with van der Waals surface area (Å²) in [4.78, 5) is 3.75. The zero-order chi connectivity index (χ0) is 10.1. The van der Waals surface area contributed by atoms with Crippen LogP contribution < -0.4 is 0 Å². The highest BCUT2D eigenvalue weighted by atomic mass is 32.2. The lowest BCUT2D eigenvalue weighted by Gasteiger charge is -2.10. The monoisotopic (exact) mass is 209 g/mol. The van der Waals surface area contributed by atoms with E-state index in [2.05, 4.69) is 4.98 Å². The second-order valence-corrected chi connectivity index (χ2v) is 5.04. The third-order valence-electron chi connectivity index (χ3n) is 1.53. The molecule has 0 amide bonds. The van der Waals surface area contributed by atoms with E-state index in [1.54, 1.807) is 0 Å². The first kappa shape index (κ1) is 10.4. The van der Waals surface area contributed by atoms with Gasteiger partial charge in [-0.1, -0.05) is 0 Å². The molecule has 1 heterocycles. The van der Waals surface area contributed by atoms with E-state index in [0.29, 0.717) is 0 Å². The van der Waals surface area contributed by atoms with Gasteiger partial charge in [-0.15, -0.1) is 0 Å². The van der Waals surface area contributed by atoms with Gasteiger partial charge in [0.25, 0.3) is 0 Å². The van der Waals surface area contributed by atoms with E-state index in [1.807, 2.05) is 12.5 Å². The molecule has 0 saturated carbocycles. The summed E-state index contributed by atoms with van der Waals surface area (Å²) < 4.78 is 36.3.